The second kappa shape index (κ2) is 5.56. The van der Waals surface area contributed by atoms with Gasteiger partial charge in [-0.2, -0.15) is 0 Å². The molecule has 0 spiro atoms. The zero-order valence-corrected chi connectivity index (χ0v) is 10.7. The summed E-state index contributed by atoms with van der Waals surface area (Å²) >= 11 is 1.47. The van der Waals surface area contributed by atoms with Gasteiger partial charge in [-0.3, -0.25) is 4.79 Å². The number of hydrogen-bond acceptors (Lipinski definition) is 3. The molecule has 0 aliphatic heterocycles. The van der Waals surface area contributed by atoms with Gasteiger partial charge in [-0.15, -0.1) is 23.7 Å². The van der Waals surface area contributed by atoms with Crippen LogP contribution in [0.15, 0.2) is 24.3 Å². The van der Waals surface area contributed by atoms with Crippen LogP contribution in [0, 0.1) is 12.3 Å². The molecule has 4 heteroatoms. The number of carbonyl (C=O) groups is 1. The lowest BCUT2D eigenvalue weighted by Crippen LogP contribution is -2.23. The maximum Gasteiger partial charge on any atom is 0.261 e. The highest BCUT2D eigenvalue weighted by Gasteiger charge is 2.09. The Morgan fingerprint density at radius 2 is 2.28 bits per heavy atom. The topological polar surface area (TPSA) is 55.1 Å². The number of rotatable bonds is 4. The molecular formula is C14H14N2OS. The van der Waals surface area contributed by atoms with Crippen molar-refractivity contribution in [1.29, 1.82) is 0 Å². The van der Waals surface area contributed by atoms with Crippen molar-refractivity contribution in [2.75, 3.05) is 12.3 Å². The van der Waals surface area contributed by atoms with Crippen molar-refractivity contribution in [2.45, 2.75) is 12.8 Å². The molecule has 0 saturated heterocycles. The van der Waals surface area contributed by atoms with Gasteiger partial charge in [-0.25, -0.2) is 0 Å². The Labute approximate surface area is 110 Å². The van der Waals surface area contributed by atoms with E-state index in [0.29, 0.717) is 23.5 Å². The standard InChI is InChI=1S/C14H14N2OS/c1-2-3-4-7-16-14(17)13-9-10-8-11(15)5-6-12(10)18-13/h1,5-6,8-9H,3-4,7,15H2,(H,16,17). The number of unbranched alkanes of at least 4 members (excludes halogenated alkanes) is 1. The smallest absolute Gasteiger partial charge is 0.261 e. The molecule has 2 aromatic rings. The summed E-state index contributed by atoms with van der Waals surface area (Å²) in [4.78, 5) is 12.6. The largest absolute Gasteiger partial charge is 0.399 e. The van der Waals surface area contributed by atoms with Gasteiger partial charge >= 0.3 is 0 Å². The van der Waals surface area contributed by atoms with Crippen LogP contribution in [0.2, 0.25) is 0 Å². The number of nitrogens with two attached hydrogens (primary N) is 1. The SMILES string of the molecule is C#CCCCNC(=O)c1cc2cc(N)ccc2s1. The van der Waals surface area contributed by atoms with Gasteiger partial charge < -0.3 is 11.1 Å². The fourth-order valence-corrected chi connectivity index (χ4v) is 2.61. The molecule has 2 rings (SSSR count). The molecule has 1 heterocycles. The van der Waals surface area contributed by atoms with Gasteiger partial charge in [-0.05, 0) is 36.1 Å². The Bertz CT molecular complexity index is 610. The number of anilines is 1. The van der Waals surface area contributed by atoms with Crippen molar-refractivity contribution >= 4 is 33.0 Å². The second-order valence-electron chi connectivity index (χ2n) is 3.97. The Kier molecular flexibility index (Phi) is 3.85. The van der Waals surface area contributed by atoms with Crippen molar-refractivity contribution in [3.05, 3.63) is 29.1 Å². The molecule has 1 aromatic heterocycles. The van der Waals surface area contributed by atoms with Crippen LogP contribution in [-0.4, -0.2) is 12.5 Å². The van der Waals surface area contributed by atoms with Gasteiger partial charge in [-0.1, -0.05) is 0 Å². The highest BCUT2D eigenvalue weighted by atomic mass is 32.1. The number of nitrogens with one attached hydrogen (secondary N) is 1. The summed E-state index contributed by atoms with van der Waals surface area (Å²) in [6.45, 7) is 0.611. The first-order valence-electron chi connectivity index (χ1n) is 5.71. The highest BCUT2D eigenvalue weighted by Crippen LogP contribution is 2.27. The molecule has 0 saturated carbocycles. The van der Waals surface area contributed by atoms with Crippen molar-refractivity contribution in [3.63, 3.8) is 0 Å². The number of benzene rings is 1. The number of thiophene rings is 1. The lowest BCUT2D eigenvalue weighted by atomic mass is 10.2. The van der Waals surface area contributed by atoms with E-state index >= 15 is 0 Å². The van der Waals surface area contributed by atoms with E-state index in [1.54, 1.807) is 0 Å². The quantitative estimate of drug-likeness (QED) is 0.503. The summed E-state index contributed by atoms with van der Waals surface area (Å²) in [5.74, 6) is 2.50. The van der Waals surface area contributed by atoms with Gasteiger partial charge in [0.05, 0.1) is 4.88 Å². The average Bonchev–Trinajstić information content (AvgIpc) is 2.77. The predicted octanol–water partition coefficient (Wildman–Crippen LogP) is 2.63. The number of amides is 1. The molecule has 0 fully saturated rings. The maximum absolute atomic E-state index is 11.9. The molecular weight excluding hydrogens is 244 g/mol. The number of terminal acetylenes is 1. The van der Waals surface area contributed by atoms with Crippen LogP contribution in [0.5, 0.6) is 0 Å². The summed E-state index contributed by atoms with van der Waals surface area (Å²) in [5.41, 5.74) is 6.42. The van der Waals surface area contributed by atoms with Gasteiger partial charge in [0, 0.05) is 23.4 Å². The molecule has 3 N–H and O–H groups in total. The summed E-state index contributed by atoms with van der Waals surface area (Å²) in [5, 5.41) is 3.86. The van der Waals surface area contributed by atoms with E-state index in [0.717, 1.165) is 16.5 Å². The molecule has 92 valence electrons. The Morgan fingerprint density at radius 1 is 1.44 bits per heavy atom. The van der Waals surface area contributed by atoms with E-state index in [2.05, 4.69) is 11.2 Å². The van der Waals surface area contributed by atoms with Gasteiger partial charge in [0.25, 0.3) is 5.91 Å². The first-order valence-corrected chi connectivity index (χ1v) is 6.53. The van der Waals surface area contributed by atoms with Crippen molar-refractivity contribution in [1.82, 2.24) is 5.32 Å². The molecule has 18 heavy (non-hydrogen) atoms. The third kappa shape index (κ3) is 2.82. The third-order valence-electron chi connectivity index (χ3n) is 2.55. The molecule has 1 amide bonds. The Balaban J connectivity index is 2.07. The van der Waals surface area contributed by atoms with E-state index in [9.17, 15) is 4.79 Å². The van der Waals surface area contributed by atoms with Gasteiger partial charge in [0.15, 0.2) is 0 Å². The minimum Gasteiger partial charge on any atom is -0.399 e. The molecule has 0 radical (unpaired) electrons. The van der Waals surface area contributed by atoms with Crippen LogP contribution in [0.3, 0.4) is 0 Å². The molecule has 0 atom stereocenters. The van der Waals surface area contributed by atoms with Crippen molar-refractivity contribution in [2.24, 2.45) is 0 Å². The van der Waals surface area contributed by atoms with Crippen molar-refractivity contribution < 1.29 is 4.79 Å². The fraction of sp³-hybridized carbons (Fsp3) is 0.214. The van der Waals surface area contributed by atoms with Crippen LogP contribution < -0.4 is 11.1 Å². The lowest BCUT2D eigenvalue weighted by molar-refractivity contribution is 0.0957. The zero-order chi connectivity index (χ0) is 13.0. The fourth-order valence-electron chi connectivity index (χ4n) is 1.65. The van der Waals surface area contributed by atoms with Crippen molar-refractivity contribution in [3.8, 4) is 12.3 Å². The summed E-state index contributed by atoms with van der Waals surface area (Å²) < 4.78 is 1.07. The Morgan fingerprint density at radius 3 is 3.06 bits per heavy atom. The summed E-state index contributed by atoms with van der Waals surface area (Å²) in [6.07, 6.45) is 6.64. The van der Waals surface area contributed by atoms with E-state index in [-0.39, 0.29) is 5.91 Å². The van der Waals surface area contributed by atoms with Crippen LogP contribution in [0.4, 0.5) is 5.69 Å². The van der Waals surface area contributed by atoms with Gasteiger partial charge in [0.1, 0.15) is 0 Å². The van der Waals surface area contributed by atoms with E-state index in [1.165, 1.54) is 11.3 Å². The first-order chi connectivity index (χ1) is 8.70. The number of hydrogen-bond donors (Lipinski definition) is 2. The van der Waals surface area contributed by atoms with Crippen LogP contribution >= 0.6 is 11.3 Å². The average molecular weight is 258 g/mol. The molecule has 0 bridgehead atoms. The Hall–Kier alpha value is -1.99. The van der Waals surface area contributed by atoms with Crippen LogP contribution in [0.1, 0.15) is 22.5 Å². The van der Waals surface area contributed by atoms with E-state index < -0.39 is 0 Å². The monoisotopic (exact) mass is 258 g/mol. The minimum atomic E-state index is -0.0493. The van der Waals surface area contributed by atoms with Crippen LogP contribution in [-0.2, 0) is 0 Å². The maximum atomic E-state index is 11.9. The van der Waals surface area contributed by atoms with Crippen LogP contribution in [0.25, 0.3) is 10.1 Å². The number of nitrogen functional groups attached to an aromatic ring is 1. The predicted molar refractivity (Wildman–Crippen MR) is 76.6 cm³/mol. The molecule has 0 unspecified atom stereocenters. The minimum absolute atomic E-state index is 0.0493. The summed E-state index contributed by atoms with van der Waals surface area (Å²) in [7, 11) is 0. The second-order valence-corrected chi connectivity index (χ2v) is 5.06. The molecule has 3 nitrogen and oxygen atoms in total. The normalized spacial score (nSPS) is 10.2. The van der Waals surface area contributed by atoms with Gasteiger partial charge in [0.2, 0.25) is 0 Å². The molecule has 1 aromatic carbocycles. The third-order valence-corrected chi connectivity index (χ3v) is 3.66. The number of fused-ring (bicyclic) bond motifs is 1. The molecule has 0 aliphatic carbocycles. The first kappa shape index (κ1) is 12.5. The molecule has 0 aliphatic rings. The summed E-state index contributed by atoms with van der Waals surface area (Å²) in [6, 6.07) is 7.52. The highest BCUT2D eigenvalue weighted by molar-refractivity contribution is 7.20. The zero-order valence-electron chi connectivity index (χ0n) is 9.90. The van der Waals surface area contributed by atoms with E-state index in [1.807, 2.05) is 24.3 Å². The lowest BCUT2D eigenvalue weighted by Gasteiger charge is -2.00. The van der Waals surface area contributed by atoms with E-state index in [4.69, 9.17) is 12.2 Å². The number of carbonyl (C=O) groups excluding carboxylic acids is 1.